The smallest absolute Gasteiger partial charge is 0.332 e. The standard InChI is InChI=1S/C18H22N4O2/c1-3-15-16(22(23)24)18(19-14-6-4-5-7-14)21-17(20-15)13-10-8-12(2)9-11-13/h8-11,14H,3-7H2,1-2H3,(H,19,20,21). The molecule has 0 bridgehead atoms. The normalized spacial score (nSPS) is 14.8. The fourth-order valence-electron chi connectivity index (χ4n) is 3.14. The molecule has 3 rings (SSSR count). The SMILES string of the molecule is CCc1nc(-c2ccc(C)cc2)nc(NC2CCCC2)c1[N+](=O)[O-]. The summed E-state index contributed by atoms with van der Waals surface area (Å²) in [5.41, 5.74) is 2.52. The average molecular weight is 326 g/mol. The molecule has 1 aromatic heterocycles. The first-order valence-electron chi connectivity index (χ1n) is 8.47. The summed E-state index contributed by atoms with van der Waals surface area (Å²) in [6.07, 6.45) is 4.87. The molecular formula is C18H22N4O2. The Labute approximate surface area is 141 Å². The Morgan fingerprint density at radius 1 is 1.21 bits per heavy atom. The van der Waals surface area contributed by atoms with E-state index in [4.69, 9.17) is 0 Å². The molecule has 24 heavy (non-hydrogen) atoms. The van der Waals surface area contributed by atoms with Crippen molar-refractivity contribution < 1.29 is 4.92 Å². The molecule has 0 atom stereocenters. The second kappa shape index (κ2) is 6.95. The van der Waals surface area contributed by atoms with Crippen LogP contribution in [0.25, 0.3) is 11.4 Å². The van der Waals surface area contributed by atoms with E-state index < -0.39 is 0 Å². The van der Waals surface area contributed by atoms with Crippen LogP contribution in [0, 0.1) is 17.0 Å². The molecule has 0 amide bonds. The lowest BCUT2D eigenvalue weighted by Gasteiger charge is -2.15. The fourth-order valence-corrected chi connectivity index (χ4v) is 3.14. The van der Waals surface area contributed by atoms with Crippen LogP contribution in [-0.4, -0.2) is 20.9 Å². The summed E-state index contributed by atoms with van der Waals surface area (Å²) in [6.45, 7) is 3.90. The Bertz CT molecular complexity index is 737. The maximum Gasteiger partial charge on any atom is 0.332 e. The van der Waals surface area contributed by atoms with Gasteiger partial charge in [-0.25, -0.2) is 9.97 Å². The predicted molar refractivity (Wildman–Crippen MR) is 94.1 cm³/mol. The maximum absolute atomic E-state index is 11.6. The van der Waals surface area contributed by atoms with Crippen molar-refractivity contribution in [2.75, 3.05) is 5.32 Å². The number of nitrogens with zero attached hydrogens (tertiary/aromatic N) is 3. The molecule has 0 aliphatic heterocycles. The lowest BCUT2D eigenvalue weighted by molar-refractivity contribution is -0.385. The molecule has 1 aliphatic carbocycles. The summed E-state index contributed by atoms with van der Waals surface area (Å²) in [5, 5.41) is 14.8. The highest BCUT2D eigenvalue weighted by Gasteiger charge is 2.26. The molecule has 0 unspecified atom stereocenters. The van der Waals surface area contributed by atoms with Gasteiger partial charge in [-0.1, -0.05) is 49.6 Å². The van der Waals surface area contributed by atoms with Crippen LogP contribution in [0.5, 0.6) is 0 Å². The Kier molecular flexibility index (Phi) is 4.74. The van der Waals surface area contributed by atoms with Crippen LogP contribution >= 0.6 is 0 Å². The molecule has 0 saturated heterocycles. The quantitative estimate of drug-likeness (QED) is 0.655. The van der Waals surface area contributed by atoms with Crippen LogP contribution in [0.1, 0.15) is 43.9 Å². The molecule has 6 nitrogen and oxygen atoms in total. The Morgan fingerprint density at radius 3 is 2.46 bits per heavy atom. The highest BCUT2D eigenvalue weighted by Crippen LogP contribution is 2.32. The van der Waals surface area contributed by atoms with Gasteiger partial charge in [0.15, 0.2) is 5.82 Å². The number of nitro groups is 1. The van der Waals surface area contributed by atoms with Gasteiger partial charge in [0.25, 0.3) is 0 Å². The Hall–Kier alpha value is -2.50. The van der Waals surface area contributed by atoms with Gasteiger partial charge in [0, 0.05) is 11.6 Å². The summed E-state index contributed by atoms with van der Waals surface area (Å²) in [5.74, 6) is 0.896. The molecule has 126 valence electrons. The van der Waals surface area contributed by atoms with Gasteiger partial charge in [-0.2, -0.15) is 0 Å². The van der Waals surface area contributed by atoms with Crippen molar-refractivity contribution in [1.82, 2.24) is 9.97 Å². The van der Waals surface area contributed by atoms with Crippen molar-refractivity contribution in [1.29, 1.82) is 0 Å². The number of benzene rings is 1. The lowest BCUT2D eigenvalue weighted by atomic mass is 10.1. The minimum Gasteiger partial charge on any atom is -0.361 e. The van der Waals surface area contributed by atoms with E-state index in [0.717, 1.165) is 36.8 Å². The molecule has 0 spiro atoms. The van der Waals surface area contributed by atoms with Gasteiger partial charge < -0.3 is 5.32 Å². The van der Waals surface area contributed by atoms with Crippen molar-refractivity contribution in [3.63, 3.8) is 0 Å². The number of hydrogen-bond acceptors (Lipinski definition) is 5. The molecule has 1 N–H and O–H groups in total. The van der Waals surface area contributed by atoms with Crippen LogP contribution in [-0.2, 0) is 6.42 Å². The summed E-state index contributed by atoms with van der Waals surface area (Å²) in [7, 11) is 0. The number of anilines is 1. The molecule has 0 radical (unpaired) electrons. The van der Waals surface area contributed by atoms with Crippen molar-refractivity contribution in [2.45, 2.75) is 52.0 Å². The first kappa shape index (κ1) is 16.4. The highest BCUT2D eigenvalue weighted by molar-refractivity contribution is 5.66. The number of nitrogens with one attached hydrogen (secondary N) is 1. The topological polar surface area (TPSA) is 81.0 Å². The zero-order valence-corrected chi connectivity index (χ0v) is 14.1. The third-order valence-corrected chi connectivity index (χ3v) is 4.48. The largest absolute Gasteiger partial charge is 0.361 e. The first-order valence-corrected chi connectivity index (χ1v) is 8.47. The first-order chi connectivity index (χ1) is 11.6. The van der Waals surface area contributed by atoms with E-state index in [1.807, 2.05) is 38.1 Å². The maximum atomic E-state index is 11.6. The zero-order chi connectivity index (χ0) is 17.1. The van der Waals surface area contributed by atoms with Crippen LogP contribution in [0.3, 0.4) is 0 Å². The summed E-state index contributed by atoms with van der Waals surface area (Å²) >= 11 is 0. The summed E-state index contributed by atoms with van der Waals surface area (Å²) < 4.78 is 0. The zero-order valence-electron chi connectivity index (χ0n) is 14.1. The van der Waals surface area contributed by atoms with Crippen molar-refractivity contribution in [3.8, 4) is 11.4 Å². The molecule has 2 aromatic rings. The molecule has 1 aromatic carbocycles. The minimum absolute atomic E-state index is 0.0141. The van der Waals surface area contributed by atoms with Crippen molar-refractivity contribution >= 4 is 11.5 Å². The highest BCUT2D eigenvalue weighted by atomic mass is 16.6. The van der Waals surface area contributed by atoms with Gasteiger partial charge in [0.05, 0.1) is 4.92 Å². The van der Waals surface area contributed by atoms with Gasteiger partial charge in [-0.3, -0.25) is 10.1 Å². The van der Waals surface area contributed by atoms with Crippen LogP contribution in [0.2, 0.25) is 0 Å². The van der Waals surface area contributed by atoms with Gasteiger partial charge in [0.2, 0.25) is 5.82 Å². The Morgan fingerprint density at radius 2 is 1.88 bits per heavy atom. The summed E-state index contributed by atoms with van der Waals surface area (Å²) in [4.78, 5) is 20.1. The van der Waals surface area contributed by atoms with Gasteiger partial charge >= 0.3 is 5.69 Å². The lowest BCUT2D eigenvalue weighted by Crippen LogP contribution is -2.18. The van der Waals surface area contributed by atoms with Crippen LogP contribution in [0.15, 0.2) is 24.3 Å². The molecule has 1 fully saturated rings. The number of aromatic nitrogens is 2. The van der Waals surface area contributed by atoms with E-state index in [0.29, 0.717) is 23.8 Å². The number of hydrogen-bond donors (Lipinski definition) is 1. The van der Waals surface area contributed by atoms with E-state index in [2.05, 4.69) is 15.3 Å². The Balaban J connectivity index is 2.07. The molecule has 1 saturated carbocycles. The third kappa shape index (κ3) is 3.37. The summed E-state index contributed by atoms with van der Waals surface area (Å²) in [6, 6.07) is 8.16. The van der Waals surface area contributed by atoms with Crippen LogP contribution in [0.4, 0.5) is 11.5 Å². The predicted octanol–water partition coefficient (Wildman–Crippen LogP) is 4.28. The van der Waals surface area contributed by atoms with E-state index in [-0.39, 0.29) is 16.7 Å². The van der Waals surface area contributed by atoms with Crippen molar-refractivity contribution in [2.24, 2.45) is 0 Å². The van der Waals surface area contributed by atoms with Gasteiger partial charge in [-0.05, 0) is 26.2 Å². The van der Waals surface area contributed by atoms with E-state index in [1.54, 1.807) is 0 Å². The number of rotatable bonds is 5. The average Bonchev–Trinajstić information content (AvgIpc) is 3.07. The van der Waals surface area contributed by atoms with Gasteiger partial charge in [-0.15, -0.1) is 0 Å². The number of aryl methyl sites for hydroxylation is 2. The van der Waals surface area contributed by atoms with E-state index in [9.17, 15) is 10.1 Å². The molecule has 1 aliphatic rings. The van der Waals surface area contributed by atoms with Gasteiger partial charge in [0.1, 0.15) is 5.69 Å². The molecular weight excluding hydrogens is 304 g/mol. The third-order valence-electron chi connectivity index (χ3n) is 4.48. The second-order valence-electron chi connectivity index (χ2n) is 6.29. The minimum atomic E-state index is -0.366. The monoisotopic (exact) mass is 326 g/mol. The fraction of sp³-hybridized carbons (Fsp3) is 0.444. The van der Waals surface area contributed by atoms with E-state index >= 15 is 0 Å². The molecule has 1 heterocycles. The van der Waals surface area contributed by atoms with Crippen molar-refractivity contribution in [3.05, 3.63) is 45.6 Å². The van der Waals surface area contributed by atoms with E-state index in [1.165, 1.54) is 0 Å². The molecule has 6 heteroatoms. The van der Waals surface area contributed by atoms with Crippen LogP contribution < -0.4 is 5.32 Å². The second-order valence-corrected chi connectivity index (χ2v) is 6.29.